The Balaban J connectivity index is 2.19. The summed E-state index contributed by atoms with van der Waals surface area (Å²) in [7, 11) is -3.95. The topological polar surface area (TPSA) is 75.3 Å². The molecule has 0 aliphatic rings. The minimum Gasteiger partial charge on any atom is -0.351 e. The lowest BCUT2D eigenvalue weighted by Crippen LogP contribution is -2.27. The average Bonchev–Trinajstić information content (AvgIpc) is 2.61. The van der Waals surface area contributed by atoms with Crippen LogP contribution in [0.25, 0.3) is 0 Å². The molecule has 158 valence electrons. The second kappa shape index (κ2) is 9.41. The molecule has 8 heteroatoms. The van der Waals surface area contributed by atoms with E-state index in [-0.39, 0.29) is 26.1 Å². The van der Waals surface area contributed by atoms with Crippen molar-refractivity contribution in [3.63, 3.8) is 0 Å². The molecule has 0 aliphatic heterocycles. The Kier molecular flexibility index (Phi) is 7.65. The summed E-state index contributed by atoms with van der Waals surface area (Å²) in [4.78, 5) is 12.3. The average molecular weight is 455 g/mol. The summed E-state index contributed by atoms with van der Waals surface area (Å²) in [5.74, 6) is 0.432. The van der Waals surface area contributed by atoms with Crippen LogP contribution in [-0.2, 0) is 10.0 Å². The van der Waals surface area contributed by atoms with Gasteiger partial charge in [0.05, 0.1) is 10.7 Å². The third-order valence-electron chi connectivity index (χ3n) is 4.25. The first-order valence-corrected chi connectivity index (χ1v) is 12.1. The lowest BCUT2D eigenvalue weighted by molar-refractivity contribution is 0.0956. The third-order valence-corrected chi connectivity index (χ3v) is 7.38. The molecule has 0 radical (unpaired) electrons. The summed E-state index contributed by atoms with van der Waals surface area (Å²) < 4.78 is 28.5. The van der Waals surface area contributed by atoms with E-state index < -0.39 is 10.0 Å². The Bertz CT molecular complexity index is 999. The monoisotopic (exact) mass is 454 g/mol. The van der Waals surface area contributed by atoms with E-state index in [0.29, 0.717) is 12.2 Å². The fourth-order valence-electron chi connectivity index (χ4n) is 2.54. The van der Waals surface area contributed by atoms with E-state index in [1.807, 2.05) is 19.9 Å². The number of nitrogens with one attached hydrogen (secondary N) is 2. The largest absolute Gasteiger partial charge is 0.351 e. The molecule has 0 bridgehead atoms. The lowest BCUT2D eigenvalue weighted by Gasteiger charge is -2.17. The smallest absolute Gasteiger partial charge is 0.263 e. The standard InChI is InChI=1S/C21H27ClN2O3S2/c1-14-7-6-8-18(15(14)2)24-29(26,27)19-13-16(9-10-17(19)22)20(25)23-11-12-28-21(3,4)5/h6-10,13,24H,11-12H2,1-5H3,(H,23,25). The van der Waals surface area contributed by atoms with Gasteiger partial charge in [0.15, 0.2) is 0 Å². The number of amides is 1. The van der Waals surface area contributed by atoms with Crippen molar-refractivity contribution >= 4 is 45.0 Å². The second-order valence-corrected chi connectivity index (χ2v) is 11.7. The molecule has 0 unspecified atom stereocenters. The van der Waals surface area contributed by atoms with Crippen molar-refractivity contribution in [1.82, 2.24) is 5.32 Å². The van der Waals surface area contributed by atoms with Crippen molar-refractivity contribution in [2.45, 2.75) is 44.3 Å². The Labute approximate surface area is 182 Å². The van der Waals surface area contributed by atoms with Crippen molar-refractivity contribution in [3.05, 3.63) is 58.1 Å². The lowest BCUT2D eigenvalue weighted by atomic mass is 10.1. The van der Waals surface area contributed by atoms with E-state index in [9.17, 15) is 13.2 Å². The molecule has 2 aromatic rings. The predicted octanol–water partition coefficient (Wildman–Crippen LogP) is 5.02. The van der Waals surface area contributed by atoms with Crippen LogP contribution in [0.1, 0.15) is 42.3 Å². The van der Waals surface area contributed by atoms with E-state index in [0.717, 1.165) is 16.9 Å². The predicted molar refractivity (Wildman–Crippen MR) is 123 cm³/mol. The van der Waals surface area contributed by atoms with Gasteiger partial charge in [-0.15, -0.1) is 0 Å². The van der Waals surface area contributed by atoms with Gasteiger partial charge in [0.25, 0.3) is 15.9 Å². The molecule has 0 heterocycles. The first kappa shape index (κ1) is 23.6. The van der Waals surface area contributed by atoms with Crippen LogP contribution in [0.3, 0.4) is 0 Å². The normalized spacial score (nSPS) is 11.9. The number of carbonyl (C=O) groups excluding carboxylic acids is 1. The molecule has 0 atom stereocenters. The first-order valence-electron chi connectivity index (χ1n) is 9.21. The number of carbonyl (C=O) groups is 1. The summed E-state index contributed by atoms with van der Waals surface area (Å²) in [5.41, 5.74) is 2.53. The number of thioether (sulfide) groups is 1. The Hall–Kier alpha value is -1.70. The fraction of sp³-hybridized carbons (Fsp3) is 0.381. The highest BCUT2D eigenvalue weighted by atomic mass is 35.5. The number of sulfonamides is 1. The third kappa shape index (κ3) is 6.66. The highest BCUT2D eigenvalue weighted by molar-refractivity contribution is 8.00. The SMILES string of the molecule is Cc1cccc(NS(=O)(=O)c2cc(C(=O)NCCSC(C)(C)C)ccc2Cl)c1C. The number of aryl methyl sites for hydroxylation is 1. The van der Waals surface area contributed by atoms with Crippen molar-refractivity contribution in [3.8, 4) is 0 Å². The molecule has 0 saturated carbocycles. The number of hydrogen-bond acceptors (Lipinski definition) is 4. The summed E-state index contributed by atoms with van der Waals surface area (Å²) in [5, 5.41) is 2.88. The number of anilines is 1. The Morgan fingerprint density at radius 2 is 1.83 bits per heavy atom. The highest BCUT2D eigenvalue weighted by Crippen LogP contribution is 2.27. The molecular weight excluding hydrogens is 428 g/mol. The van der Waals surface area contributed by atoms with Gasteiger partial charge in [-0.05, 0) is 49.2 Å². The van der Waals surface area contributed by atoms with Crippen LogP contribution in [0.15, 0.2) is 41.3 Å². The van der Waals surface area contributed by atoms with Gasteiger partial charge in [-0.1, -0.05) is 44.5 Å². The van der Waals surface area contributed by atoms with Crippen LogP contribution in [0.5, 0.6) is 0 Å². The summed E-state index contributed by atoms with van der Waals surface area (Å²) in [6, 6.07) is 9.63. The first-order chi connectivity index (χ1) is 13.4. The molecule has 0 fully saturated rings. The maximum absolute atomic E-state index is 12.9. The van der Waals surface area contributed by atoms with Gasteiger partial charge < -0.3 is 5.32 Å². The van der Waals surface area contributed by atoms with Crippen molar-refractivity contribution in [2.75, 3.05) is 17.0 Å². The zero-order chi connectivity index (χ0) is 21.8. The fourth-order valence-corrected chi connectivity index (χ4v) is 5.00. The van der Waals surface area contributed by atoms with Crippen molar-refractivity contribution < 1.29 is 13.2 Å². The maximum Gasteiger partial charge on any atom is 0.263 e. The summed E-state index contributed by atoms with van der Waals surface area (Å²) in [6.45, 7) is 10.6. The van der Waals surface area contributed by atoms with E-state index in [2.05, 4.69) is 30.8 Å². The zero-order valence-corrected chi connectivity index (χ0v) is 19.7. The number of halogens is 1. The van der Waals surface area contributed by atoms with Crippen LogP contribution >= 0.6 is 23.4 Å². The van der Waals surface area contributed by atoms with Crippen molar-refractivity contribution in [2.24, 2.45) is 0 Å². The molecule has 2 aromatic carbocycles. The van der Waals surface area contributed by atoms with Gasteiger partial charge in [0.1, 0.15) is 4.90 Å². The van der Waals surface area contributed by atoms with E-state index in [1.54, 1.807) is 23.9 Å². The van der Waals surface area contributed by atoms with Crippen LogP contribution in [0.2, 0.25) is 5.02 Å². The number of benzene rings is 2. The van der Waals surface area contributed by atoms with Gasteiger partial charge in [-0.25, -0.2) is 8.42 Å². The minimum atomic E-state index is -3.95. The molecule has 0 saturated heterocycles. The van der Waals surface area contributed by atoms with Crippen LogP contribution in [0.4, 0.5) is 5.69 Å². The van der Waals surface area contributed by atoms with Gasteiger partial charge >= 0.3 is 0 Å². The van der Waals surface area contributed by atoms with Crippen LogP contribution in [0, 0.1) is 13.8 Å². The van der Waals surface area contributed by atoms with Gasteiger partial charge in [0.2, 0.25) is 0 Å². The van der Waals surface area contributed by atoms with Gasteiger partial charge in [-0.2, -0.15) is 11.8 Å². The van der Waals surface area contributed by atoms with E-state index in [4.69, 9.17) is 11.6 Å². The number of rotatable bonds is 7. The zero-order valence-electron chi connectivity index (χ0n) is 17.3. The van der Waals surface area contributed by atoms with Gasteiger partial charge in [0, 0.05) is 22.6 Å². The van der Waals surface area contributed by atoms with E-state index >= 15 is 0 Å². The molecule has 2 N–H and O–H groups in total. The molecule has 1 amide bonds. The molecule has 0 spiro atoms. The molecule has 0 aromatic heterocycles. The second-order valence-electron chi connectivity index (χ2n) is 7.71. The summed E-state index contributed by atoms with van der Waals surface area (Å²) >= 11 is 7.89. The van der Waals surface area contributed by atoms with Crippen LogP contribution in [-0.4, -0.2) is 31.4 Å². The Morgan fingerprint density at radius 3 is 2.48 bits per heavy atom. The molecule has 29 heavy (non-hydrogen) atoms. The highest BCUT2D eigenvalue weighted by Gasteiger charge is 2.21. The summed E-state index contributed by atoms with van der Waals surface area (Å²) in [6.07, 6.45) is 0. The quantitative estimate of drug-likeness (QED) is 0.576. The Morgan fingerprint density at radius 1 is 1.14 bits per heavy atom. The minimum absolute atomic E-state index is 0.0580. The van der Waals surface area contributed by atoms with Gasteiger partial charge in [-0.3, -0.25) is 9.52 Å². The van der Waals surface area contributed by atoms with Crippen LogP contribution < -0.4 is 10.0 Å². The number of hydrogen-bond donors (Lipinski definition) is 2. The molecular formula is C21H27ClN2O3S2. The van der Waals surface area contributed by atoms with Crippen molar-refractivity contribution in [1.29, 1.82) is 0 Å². The molecule has 2 rings (SSSR count). The molecule has 0 aliphatic carbocycles. The van der Waals surface area contributed by atoms with E-state index in [1.165, 1.54) is 18.2 Å². The maximum atomic E-state index is 12.9. The molecule has 5 nitrogen and oxygen atoms in total.